The van der Waals surface area contributed by atoms with Crippen LogP contribution in [0.25, 0.3) is 21.9 Å². The highest BCUT2D eigenvalue weighted by atomic mass is 32.2. The third-order valence-electron chi connectivity index (χ3n) is 5.64. The van der Waals surface area contributed by atoms with Gasteiger partial charge in [0.15, 0.2) is 5.82 Å². The number of pyridine rings is 1. The zero-order valence-electron chi connectivity index (χ0n) is 17.8. The summed E-state index contributed by atoms with van der Waals surface area (Å²) in [4.78, 5) is 9.40. The molecule has 0 radical (unpaired) electrons. The number of para-hydroxylation sites is 1. The van der Waals surface area contributed by atoms with Crippen LogP contribution in [0.5, 0.6) is 0 Å². The van der Waals surface area contributed by atoms with E-state index in [9.17, 15) is 0 Å². The van der Waals surface area contributed by atoms with E-state index in [4.69, 9.17) is 15.5 Å². The van der Waals surface area contributed by atoms with E-state index in [0.717, 1.165) is 60.1 Å². The van der Waals surface area contributed by atoms with Crippen molar-refractivity contribution >= 4 is 39.9 Å². The van der Waals surface area contributed by atoms with Crippen LogP contribution < -0.4 is 10.5 Å². The van der Waals surface area contributed by atoms with Gasteiger partial charge in [-0.1, -0.05) is 24.6 Å². The number of ether oxygens (including phenoxy) is 1. The molecule has 4 rings (SSSR count). The monoisotopic (exact) mass is 428 g/mol. The van der Waals surface area contributed by atoms with Gasteiger partial charge in [-0.05, 0) is 31.7 Å². The Balaban J connectivity index is 1.45. The van der Waals surface area contributed by atoms with Crippen molar-refractivity contribution in [2.24, 2.45) is 0 Å². The van der Waals surface area contributed by atoms with E-state index in [2.05, 4.69) is 24.6 Å². The fourth-order valence-electron chi connectivity index (χ4n) is 4.09. The minimum Gasteiger partial charge on any atom is -0.384 e. The van der Waals surface area contributed by atoms with Crippen molar-refractivity contribution in [2.75, 3.05) is 39.1 Å². The zero-order chi connectivity index (χ0) is 20.8. The lowest BCUT2D eigenvalue weighted by Gasteiger charge is -2.24. The van der Waals surface area contributed by atoms with Gasteiger partial charge in [0.05, 0.1) is 17.6 Å². The van der Waals surface area contributed by atoms with Crippen molar-refractivity contribution in [3.05, 3.63) is 30.1 Å². The first-order valence-corrected chi connectivity index (χ1v) is 11.7. The van der Waals surface area contributed by atoms with Crippen LogP contribution in [0.15, 0.2) is 24.3 Å². The summed E-state index contributed by atoms with van der Waals surface area (Å²) >= 11 is 1.79. The van der Waals surface area contributed by atoms with Crippen molar-refractivity contribution in [2.45, 2.75) is 45.1 Å². The van der Waals surface area contributed by atoms with Crippen molar-refractivity contribution < 1.29 is 4.74 Å². The van der Waals surface area contributed by atoms with Crippen molar-refractivity contribution in [1.82, 2.24) is 23.6 Å². The van der Waals surface area contributed by atoms with Gasteiger partial charge in [-0.3, -0.25) is 4.72 Å². The molecule has 0 aliphatic carbocycles. The number of hydrogen-bond donors (Lipinski definition) is 2. The SMILES string of the molecule is COCCc1nc2c(N)nc3ccccc3c2n1CCCCNSN1CCCCC1. The number of nitrogen functional groups attached to an aromatic ring is 1. The quantitative estimate of drug-likeness (QED) is 0.376. The molecule has 3 aromatic rings. The first kappa shape index (κ1) is 21.4. The van der Waals surface area contributed by atoms with Crippen LogP contribution in [-0.2, 0) is 17.7 Å². The van der Waals surface area contributed by atoms with Crippen LogP contribution in [0.4, 0.5) is 5.82 Å². The molecule has 0 atom stereocenters. The van der Waals surface area contributed by atoms with Gasteiger partial charge in [0, 0.05) is 57.2 Å². The van der Waals surface area contributed by atoms with E-state index in [1.54, 1.807) is 19.2 Å². The van der Waals surface area contributed by atoms with Crippen molar-refractivity contribution in [1.29, 1.82) is 0 Å². The number of fused-ring (bicyclic) bond motifs is 3. The average molecular weight is 429 g/mol. The molecule has 2 aromatic heterocycles. The molecule has 0 spiro atoms. The second-order valence-corrected chi connectivity index (χ2v) is 8.80. The number of hydrogen-bond acceptors (Lipinski definition) is 7. The Morgan fingerprint density at radius 1 is 1.13 bits per heavy atom. The van der Waals surface area contributed by atoms with Gasteiger partial charge in [-0.25, -0.2) is 14.3 Å². The summed E-state index contributed by atoms with van der Waals surface area (Å²) in [5.74, 6) is 1.52. The third kappa shape index (κ3) is 4.88. The maximum atomic E-state index is 6.26. The standard InChI is InChI=1S/C22H32N6OS/c1-29-16-11-19-26-20-21(17-9-3-4-10-18(17)25-22(20)23)28(19)15-8-5-12-24-30-27-13-6-2-7-14-27/h3-4,9-10,24H,2,5-8,11-16H2,1H3,(H2,23,25). The van der Waals surface area contributed by atoms with E-state index in [-0.39, 0.29) is 0 Å². The first-order chi connectivity index (χ1) is 14.8. The largest absolute Gasteiger partial charge is 0.384 e. The molecule has 0 saturated carbocycles. The highest BCUT2D eigenvalue weighted by Gasteiger charge is 2.17. The van der Waals surface area contributed by atoms with Gasteiger partial charge in [-0.2, -0.15) is 0 Å². The number of anilines is 1. The molecule has 30 heavy (non-hydrogen) atoms. The Hall–Kier alpha value is -1.87. The molecule has 3 heterocycles. The van der Waals surface area contributed by atoms with Crippen molar-refractivity contribution in [3.8, 4) is 0 Å². The molecule has 1 aliphatic heterocycles. The lowest BCUT2D eigenvalue weighted by atomic mass is 10.2. The predicted molar refractivity (Wildman–Crippen MR) is 125 cm³/mol. The Kier molecular flexibility index (Phi) is 7.43. The van der Waals surface area contributed by atoms with E-state index in [1.165, 1.54) is 32.4 Å². The van der Waals surface area contributed by atoms with Gasteiger partial charge in [0.2, 0.25) is 0 Å². The lowest BCUT2D eigenvalue weighted by Crippen LogP contribution is -2.27. The van der Waals surface area contributed by atoms with E-state index < -0.39 is 0 Å². The zero-order valence-corrected chi connectivity index (χ0v) is 18.6. The van der Waals surface area contributed by atoms with Crippen LogP contribution in [0.2, 0.25) is 0 Å². The van der Waals surface area contributed by atoms with Gasteiger partial charge in [0.1, 0.15) is 11.3 Å². The Bertz CT molecular complexity index is 969. The fraction of sp³-hybridized carbons (Fsp3) is 0.545. The molecule has 3 N–H and O–H groups in total. The number of aryl methyl sites for hydroxylation is 1. The second-order valence-electron chi connectivity index (χ2n) is 7.82. The van der Waals surface area contributed by atoms with Crippen LogP contribution in [-0.4, -0.2) is 52.2 Å². The van der Waals surface area contributed by atoms with Crippen molar-refractivity contribution in [3.63, 3.8) is 0 Å². The summed E-state index contributed by atoms with van der Waals surface area (Å²) in [7, 11) is 1.73. The lowest BCUT2D eigenvalue weighted by molar-refractivity contribution is 0.199. The smallest absolute Gasteiger partial charge is 0.152 e. The molecule has 1 aliphatic rings. The van der Waals surface area contributed by atoms with Crippen LogP contribution in [0.3, 0.4) is 0 Å². The number of benzene rings is 1. The highest BCUT2D eigenvalue weighted by molar-refractivity contribution is 7.95. The number of nitrogens with two attached hydrogens (primary N) is 1. The molecule has 0 bridgehead atoms. The molecule has 0 unspecified atom stereocenters. The number of piperidine rings is 1. The summed E-state index contributed by atoms with van der Waals surface area (Å²) in [6.07, 6.45) is 6.97. The minimum absolute atomic E-state index is 0.501. The molecule has 1 saturated heterocycles. The first-order valence-electron chi connectivity index (χ1n) is 10.9. The Morgan fingerprint density at radius 2 is 1.97 bits per heavy atom. The molecule has 1 aromatic carbocycles. The number of nitrogens with one attached hydrogen (secondary N) is 1. The van der Waals surface area contributed by atoms with Gasteiger partial charge < -0.3 is 15.0 Å². The molecular formula is C22H32N6OS. The van der Waals surface area contributed by atoms with Crippen LogP contribution >= 0.6 is 12.1 Å². The molecule has 1 fully saturated rings. The number of imidazole rings is 1. The maximum absolute atomic E-state index is 6.26. The maximum Gasteiger partial charge on any atom is 0.152 e. The third-order valence-corrected chi connectivity index (χ3v) is 6.59. The summed E-state index contributed by atoms with van der Waals surface area (Å²) in [6, 6.07) is 8.17. The summed E-state index contributed by atoms with van der Waals surface area (Å²) < 4.78 is 13.6. The topological polar surface area (TPSA) is 81.2 Å². The Morgan fingerprint density at radius 3 is 2.80 bits per heavy atom. The number of methoxy groups -OCH3 is 1. The normalized spacial score (nSPS) is 15.4. The predicted octanol–water partition coefficient (Wildman–Crippen LogP) is 3.77. The molecular weight excluding hydrogens is 396 g/mol. The summed E-state index contributed by atoms with van der Waals surface area (Å²) in [5, 5.41) is 1.11. The summed E-state index contributed by atoms with van der Waals surface area (Å²) in [5.41, 5.74) is 9.08. The summed E-state index contributed by atoms with van der Waals surface area (Å²) in [6.45, 7) is 4.96. The van der Waals surface area contributed by atoms with E-state index in [1.807, 2.05) is 18.2 Å². The molecule has 7 nitrogen and oxygen atoms in total. The van der Waals surface area contributed by atoms with E-state index >= 15 is 0 Å². The van der Waals surface area contributed by atoms with Gasteiger partial charge in [0.25, 0.3) is 0 Å². The highest BCUT2D eigenvalue weighted by Crippen LogP contribution is 2.29. The average Bonchev–Trinajstić information content (AvgIpc) is 3.15. The Labute approximate surface area is 182 Å². The fourth-order valence-corrected chi connectivity index (χ4v) is 4.95. The molecule has 8 heteroatoms. The van der Waals surface area contributed by atoms with Gasteiger partial charge in [-0.15, -0.1) is 0 Å². The van der Waals surface area contributed by atoms with Crippen LogP contribution in [0.1, 0.15) is 37.9 Å². The number of aromatic nitrogens is 3. The number of nitrogens with zero attached hydrogens (tertiary/aromatic N) is 4. The number of rotatable bonds is 10. The molecule has 0 amide bonds. The second kappa shape index (κ2) is 10.4. The number of unbranched alkanes of at least 4 members (excludes halogenated alkanes) is 1. The van der Waals surface area contributed by atoms with E-state index in [0.29, 0.717) is 12.4 Å². The minimum atomic E-state index is 0.501. The van der Waals surface area contributed by atoms with Crippen LogP contribution in [0, 0.1) is 0 Å². The molecule has 162 valence electrons. The van der Waals surface area contributed by atoms with Gasteiger partial charge >= 0.3 is 0 Å².